The number of thioether (sulfide) groups is 1. The maximum atomic E-state index is 3.73. The van der Waals surface area contributed by atoms with Crippen molar-refractivity contribution in [1.29, 1.82) is 0 Å². The van der Waals surface area contributed by atoms with Crippen molar-refractivity contribution in [2.75, 3.05) is 12.3 Å². The van der Waals surface area contributed by atoms with Gasteiger partial charge in [0.2, 0.25) is 0 Å². The maximum Gasteiger partial charge on any atom is 0.0237 e. The average Bonchev–Trinajstić information content (AvgIpc) is 2.18. The molecular formula is C14H29NS. The van der Waals surface area contributed by atoms with E-state index >= 15 is 0 Å². The molecule has 1 N–H and O–H groups in total. The molecule has 2 unspecified atom stereocenters. The van der Waals surface area contributed by atoms with Gasteiger partial charge in [0.1, 0.15) is 0 Å². The van der Waals surface area contributed by atoms with E-state index in [1.165, 1.54) is 25.0 Å². The fraction of sp³-hybridized carbons (Fsp3) is 1.00. The number of rotatable bonds is 5. The minimum absolute atomic E-state index is 0.475. The quantitative estimate of drug-likeness (QED) is 0.785. The molecule has 0 radical (unpaired) electrons. The first kappa shape index (κ1) is 14.4. The molecule has 0 aromatic heterocycles. The monoisotopic (exact) mass is 243 g/mol. The Morgan fingerprint density at radius 2 is 2.06 bits per heavy atom. The van der Waals surface area contributed by atoms with E-state index in [4.69, 9.17) is 0 Å². The summed E-state index contributed by atoms with van der Waals surface area (Å²) in [5, 5.41) is 4.55. The van der Waals surface area contributed by atoms with Crippen LogP contribution in [0.25, 0.3) is 0 Å². The van der Waals surface area contributed by atoms with Crippen LogP contribution in [0.3, 0.4) is 0 Å². The van der Waals surface area contributed by atoms with E-state index in [0.29, 0.717) is 11.5 Å². The van der Waals surface area contributed by atoms with E-state index in [1.54, 1.807) is 0 Å². The van der Waals surface area contributed by atoms with E-state index < -0.39 is 0 Å². The third kappa shape index (κ3) is 3.96. The average molecular weight is 243 g/mol. The second kappa shape index (κ2) is 6.30. The summed E-state index contributed by atoms with van der Waals surface area (Å²) in [6.45, 7) is 12.8. The van der Waals surface area contributed by atoms with E-state index in [0.717, 1.165) is 17.7 Å². The molecular weight excluding hydrogens is 214 g/mol. The van der Waals surface area contributed by atoms with Crippen molar-refractivity contribution >= 4 is 11.8 Å². The zero-order chi connectivity index (χ0) is 12.2. The summed E-state index contributed by atoms with van der Waals surface area (Å²) in [4.78, 5) is 0. The van der Waals surface area contributed by atoms with E-state index in [1.807, 2.05) is 0 Å². The van der Waals surface area contributed by atoms with Crippen LogP contribution < -0.4 is 5.32 Å². The molecule has 0 amide bonds. The number of hydrogen-bond donors (Lipinski definition) is 1. The van der Waals surface area contributed by atoms with Crippen LogP contribution in [0.1, 0.15) is 53.9 Å². The second-order valence-electron chi connectivity index (χ2n) is 6.18. The highest BCUT2D eigenvalue weighted by atomic mass is 32.2. The smallest absolute Gasteiger partial charge is 0.0237 e. The predicted octanol–water partition coefficient (Wildman–Crippen LogP) is 3.93. The van der Waals surface area contributed by atoms with Crippen LogP contribution in [0.4, 0.5) is 0 Å². The first-order chi connectivity index (χ1) is 7.47. The van der Waals surface area contributed by atoms with Crippen molar-refractivity contribution in [3.05, 3.63) is 0 Å². The van der Waals surface area contributed by atoms with E-state index in [-0.39, 0.29) is 0 Å². The summed E-state index contributed by atoms with van der Waals surface area (Å²) in [5.41, 5.74) is 0.475. The topological polar surface area (TPSA) is 12.0 Å². The van der Waals surface area contributed by atoms with Gasteiger partial charge in [0.25, 0.3) is 0 Å². The Bertz CT molecular complexity index is 201. The van der Waals surface area contributed by atoms with Gasteiger partial charge in [-0.2, -0.15) is 11.8 Å². The molecule has 1 rings (SSSR count). The van der Waals surface area contributed by atoms with Crippen molar-refractivity contribution in [3.8, 4) is 0 Å². The fourth-order valence-corrected chi connectivity index (χ4v) is 4.33. The van der Waals surface area contributed by atoms with Gasteiger partial charge in [-0.15, -0.1) is 0 Å². The van der Waals surface area contributed by atoms with Crippen LogP contribution in [0, 0.1) is 11.3 Å². The van der Waals surface area contributed by atoms with Gasteiger partial charge in [-0.05, 0) is 36.5 Å². The molecule has 1 nitrogen and oxygen atoms in total. The summed E-state index contributed by atoms with van der Waals surface area (Å²) in [6, 6.07) is 0.704. The lowest BCUT2D eigenvalue weighted by atomic mass is 9.73. The third-order valence-corrected chi connectivity index (χ3v) is 5.39. The van der Waals surface area contributed by atoms with Gasteiger partial charge in [-0.3, -0.25) is 0 Å². The van der Waals surface area contributed by atoms with Crippen molar-refractivity contribution in [1.82, 2.24) is 5.32 Å². The first-order valence-corrected chi connectivity index (χ1v) is 7.87. The van der Waals surface area contributed by atoms with Gasteiger partial charge in [-0.25, -0.2) is 0 Å². The summed E-state index contributed by atoms with van der Waals surface area (Å²) in [5.74, 6) is 2.13. The lowest BCUT2D eigenvalue weighted by Gasteiger charge is -2.44. The highest BCUT2D eigenvalue weighted by Crippen LogP contribution is 2.40. The zero-order valence-electron chi connectivity index (χ0n) is 11.7. The Labute approximate surface area is 106 Å². The highest BCUT2D eigenvalue weighted by Gasteiger charge is 2.38. The van der Waals surface area contributed by atoms with E-state index in [9.17, 15) is 0 Å². The molecule has 96 valence electrons. The molecule has 0 heterocycles. The molecule has 0 aromatic carbocycles. The van der Waals surface area contributed by atoms with Crippen LogP contribution >= 0.6 is 11.8 Å². The van der Waals surface area contributed by atoms with Crippen molar-refractivity contribution < 1.29 is 0 Å². The van der Waals surface area contributed by atoms with Gasteiger partial charge in [-0.1, -0.05) is 41.0 Å². The van der Waals surface area contributed by atoms with Crippen molar-refractivity contribution in [2.24, 2.45) is 11.3 Å². The zero-order valence-corrected chi connectivity index (χ0v) is 12.5. The molecule has 1 saturated carbocycles. The van der Waals surface area contributed by atoms with Crippen molar-refractivity contribution in [2.45, 2.75) is 65.2 Å². The molecule has 0 aliphatic heterocycles. The van der Waals surface area contributed by atoms with E-state index in [2.05, 4.69) is 51.7 Å². The van der Waals surface area contributed by atoms with Crippen LogP contribution in [0.15, 0.2) is 0 Å². The van der Waals surface area contributed by atoms with Gasteiger partial charge in [0.15, 0.2) is 0 Å². The minimum atomic E-state index is 0.475. The number of hydrogen-bond acceptors (Lipinski definition) is 2. The molecule has 0 spiro atoms. The summed E-state index contributed by atoms with van der Waals surface area (Å²) in [7, 11) is 0. The highest BCUT2D eigenvalue weighted by molar-refractivity contribution is 7.99. The normalized spacial score (nSPS) is 29.6. The lowest BCUT2D eigenvalue weighted by molar-refractivity contribution is 0.176. The Morgan fingerprint density at radius 3 is 2.62 bits per heavy atom. The SMILES string of the molecule is CCNC1C(SCC(C)C)CCCC1(C)C. The molecule has 1 fully saturated rings. The maximum absolute atomic E-state index is 3.73. The number of nitrogens with one attached hydrogen (secondary N) is 1. The Morgan fingerprint density at radius 1 is 1.38 bits per heavy atom. The third-order valence-electron chi connectivity index (χ3n) is 3.59. The van der Waals surface area contributed by atoms with Gasteiger partial charge >= 0.3 is 0 Å². The minimum Gasteiger partial charge on any atom is -0.313 e. The van der Waals surface area contributed by atoms with Crippen molar-refractivity contribution in [3.63, 3.8) is 0 Å². The van der Waals surface area contributed by atoms with Crippen LogP contribution in [-0.4, -0.2) is 23.6 Å². The molecule has 2 heteroatoms. The lowest BCUT2D eigenvalue weighted by Crippen LogP contribution is -2.51. The summed E-state index contributed by atoms with van der Waals surface area (Å²) in [6.07, 6.45) is 4.19. The van der Waals surface area contributed by atoms with Gasteiger partial charge < -0.3 is 5.32 Å². The Balaban J connectivity index is 2.57. The van der Waals surface area contributed by atoms with Gasteiger partial charge in [0, 0.05) is 11.3 Å². The molecule has 1 aliphatic rings. The molecule has 2 atom stereocenters. The fourth-order valence-electron chi connectivity index (χ4n) is 2.71. The molecule has 1 aliphatic carbocycles. The molecule has 16 heavy (non-hydrogen) atoms. The first-order valence-electron chi connectivity index (χ1n) is 6.82. The van der Waals surface area contributed by atoms with Gasteiger partial charge in [0.05, 0.1) is 0 Å². The Hall–Kier alpha value is 0.310. The molecule has 0 saturated heterocycles. The largest absolute Gasteiger partial charge is 0.313 e. The molecule has 0 aromatic rings. The standard InChI is InChI=1S/C14H29NS/c1-6-15-13-12(16-10-11(2)3)8-7-9-14(13,4)5/h11-13,15H,6-10H2,1-5H3. The summed E-state index contributed by atoms with van der Waals surface area (Å²) < 4.78 is 0. The molecule has 0 bridgehead atoms. The van der Waals surface area contributed by atoms with Crippen LogP contribution in [0.5, 0.6) is 0 Å². The summed E-state index contributed by atoms with van der Waals surface area (Å²) >= 11 is 2.19. The van der Waals surface area contributed by atoms with Crippen LogP contribution in [-0.2, 0) is 0 Å². The predicted molar refractivity (Wildman–Crippen MR) is 76.2 cm³/mol. The van der Waals surface area contributed by atoms with Crippen LogP contribution in [0.2, 0.25) is 0 Å². The Kier molecular flexibility index (Phi) is 5.66. The second-order valence-corrected chi connectivity index (χ2v) is 7.45.